The molecular formula is C28H23Cl3N4O4. The number of carbonyl (C=O) groups is 2. The number of ether oxygens (including phenoxy) is 1. The van der Waals surface area contributed by atoms with Crippen LogP contribution >= 0.6 is 34.8 Å². The second-order valence-electron chi connectivity index (χ2n) is 9.25. The van der Waals surface area contributed by atoms with Gasteiger partial charge in [0.25, 0.3) is 5.91 Å². The average Bonchev–Trinajstić information content (AvgIpc) is 2.96. The van der Waals surface area contributed by atoms with Gasteiger partial charge in [-0.3, -0.25) is 14.6 Å². The van der Waals surface area contributed by atoms with Gasteiger partial charge in [0.1, 0.15) is 17.3 Å². The first-order chi connectivity index (χ1) is 18.9. The summed E-state index contributed by atoms with van der Waals surface area (Å²) in [5.41, 5.74) is 1.56. The van der Waals surface area contributed by atoms with Gasteiger partial charge in [0.05, 0.1) is 26.7 Å². The van der Waals surface area contributed by atoms with Gasteiger partial charge in [-0.15, -0.1) is 11.6 Å². The lowest BCUT2D eigenvalue weighted by Crippen LogP contribution is -2.29. The molecule has 1 saturated carbocycles. The second kappa shape index (κ2) is 11.7. The number of nitrogens with zero attached hydrogens (tertiary/aromatic N) is 3. The summed E-state index contributed by atoms with van der Waals surface area (Å²) in [6.07, 6.45) is 8.20. The van der Waals surface area contributed by atoms with E-state index in [1.807, 2.05) is 4.57 Å². The lowest BCUT2D eigenvalue weighted by molar-refractivity contribution is 0.0173. The summed E-state index contributed by atoms with van der Waals surface area (Å²) in [4.78, 5) is 47.4. The minimum atomic E-state index is -0.641. The minimum absolute atomic E-state index is 0.0550. The molecule has 1 fully saturated rings. The van der Waals surface area contributed by atoms with E-state index >= 15 is 0 Å². The minimum Gasteiger partial charge on any atom is -0.459 e. The van der Waals surface area contributed by atoms with Gasteiger partial charge in [-0.2, -0.15) is 0 Å². The summed E-state index contributed by atoms with van der Waals surface area (Å²) in [6.45, 7) is 0. The predicted molar refractivity (Wildman–Crippen MR) is 151 cm³/mol. The number of pyridine rings is 3. The predicted octanol–water partition coefficient (Wildman–Crippen LogP) is 6.43. The molecule has 0 radical (unpaired) electrons. The Labute approximate surface area is 238 Å². The lowest BCUT2D eigenvalue weighted by atomic mass is 9.92. The molecule has 1 amide bonds. The van der Waals surface area contributed by atoms with E-state index < -0.39 is 11.3 Å². The molecule has 8 nitrogen and oxygen atoms in total. The molecule has 1 N–H and O–H groups in total. The number of benzene rings is 1. The number of aromatic nitrogens is 3. The van der Waals surface area contributed by atoms with Crippen LogP contribution in [0.3, 0.4) is 0 Å². The van der Waals surface area contributed by atoms with E-state index in [2.05, 4.69) is 15.3 Å². The fraction of sp³-hybridized carbons (Fsp3) is 0.250. The Morgan fingerprint density at radius 3 is 2.38 bits per heavy atom. The maximum Gasteiger partial charge on any atom is 0.338 e. The maximum atomic E-state index is 13.3. The Hall–Kier alpha value is -3.46. The van der Waals surface area contributed by atoms with E-state index in [1.54, 1.807) is 42.6 Å². The number of rotatable bonds is 6. The summed E-state index contributed by atoms with van der Waals surface area (Å²) in [7, 11) is 0. The van der Waals surface area contributed by atoms with Gasteiger partial charge >= 0.3 is 5.97 Å². The Morgan fingerprint density at radius 1 is 1.03 bits per heavy atom. The summed E-state index contributed by atoms with van der Waals surface area (Å²) in [6, 6.07) is 10.3. The van der Waals surface area contributed by atoms with Gasteiger partial charge in [0.2, 0.25) is 5.43 Å². The molecule has 1 aliphatic rings. The number of hydrogen-bond donors (Lipinski definition) is 1. The van der Waals surface area contributed by atoms with Crippen LogP contribution in [-0.2, 0) is 10.6 Å². The summed E-state index contributed by atoms with van der Waals surface area (Å²) in [5.74, 6) is -0.637. The summed E-state index contributed by atoms with van der Waals surface area (Å²) in [5, 5.41) is 3.27. The molecule has 0 aliphatic heterocycles. The van der Waals surface area contributed by atoms with Crippen molar-refractivity contribution in [3.8, 4) is 0 Å². The highest BCUT2D eigenvalue weighted by Gasteiger charge is 2.28. The zero-order valence-electron chi connectivity index (χ0n) is 20.6. The number of fused-ring (bicyclic) bond motifs is 1. The van der Waals surface area contributed by atoms with E-state index in [9.17, 15) is 14.4 Å². The van der Waals surface area contributed by atoms with Crippen molar-refractivity contribution in [3.05, 3.63) is 98.1 Å². The number of halogens is 3. The smallest absolute Gasteiger partial charge is 0.338 e. The highest BCUT2D eigenvalue weighted by atomic mass is 35.5. The van der Waals surface area contributed by atoms with Gasteiger partial charge < -0.3 is 14.6 Å². The molecular weight excluding hydrogens is 563 g/mol. The average molecular weight is 586 g/mol. The SMILES string of the molecule is O=C(O[C@H]1CC[C@H](n2cc(C(=O)Nc3c(Cl)cncc3Cl)c(=O)c3cccnc32)CC1)c1ccc(CCl)cc1. The molecule has 1 aliphatic carbocycles. The van der Waals surface area contributed by atoms with Crippen molar-refractivity contribution >= 4 is 63.4 Å². The zero-order chi connectivity index (χ0) is 27.5. The van der Waals surface area contributed by atoms with Gasteiger partial charge in [0.15, 0.2) is 0 Å². The monoisotopic (exact) mass is 584 g/mol. The third-order valence-corrected chi connectivity index (χ3v) is 7.66. The zero-order valence-corrected chi connectivity index (χ0v) is 22.8. The number of esters is 1. The molecule has 1 aromatic carbocycles. The van der Waals surface area contributed by atoms with Gasteiger partial charge in [-0.1, -0.05) is 35.3 Å². The second-order valence-corrected chi connectivity index (χ2v) is 10.3. The Bertz CT molecular complexity index is 1580. The molecule has 0 spiro atoms. The number of amides is 1. The normalized spacial score (nSPS) is 17.1. The van der Waals surface area contributed by atoms with Crippen molar-refractivity contribution in [1.82, 2.24) is 14.5 Å². The molecule has 0 bridgehead atoms. The van der Waals surface area contributed by atoms with Crippen LogP contribution in [0.5, 0.6) is 0 Å². The van der Waals surface area contributed by atoms with Crippen LogP contribution in [0.25, 0.3) is 11.0 Å². The van der Waals surface area contributed by atoms with Crippen molar-refractivity contribution in [1.29, 1.82) is 0 Å². The van der Waals surface area contributed by atoms with Crippen LogP contribution in [0.15, 0.2) is 66.0 Å². The molecule has 3 aromatic heterocycles. The highest BCUT2D eigenvalue weighted by Crippen LogP contribution is 2.33. The van der Waals surface area contributed by atoms with E-state index in [1.165, 1.54) is 18.6 Å². The highest BCUT2D eigenvalue weighted by molar-refractivity contribution is 6.39. The number of alkyl halides is 1. The lowest BCUT2D eigenvalue weighted by Gasteiger charge is -2.30. The molecule has 0 saturated heterocycles. The van der Waals surface area contributed by atoms with Crippen LogP contribution in [0, 0.1) is 0 Å². The topological polar surface area (TPSA) is 103 Å². The first-order valence-electron chi connectivity index (χ1n) is 12.3. The van der Waals surface area contributed by atoms with Crippen molar-refractivity contribution in [2.24, 2.45) is 0 Å². The number of anilines is 1. The fourth-order valence-electron chi connectivity index (χ4n) is 4.73. The van der Waals surface area contributed by atoms with Gasteiger partial charge in [-0.25, -0.2) is 9.78 Å². The largest absolute Gasteiger partial charge is 0.459 e. The third-order valence-electron chi connectivity index (χ3n) is 6.78. The van der Waals surface area contributed by atoms with Crippen LogP contribution in [0.2, 0.25) is 10.0 Å². The first kappa shape index (κ1) is 27.1. The molecule has 200 valence electrons. The van der Waals surface area contributed by atoms with Crippen LogP contribution in [0.4, 0.5) is 5.69 Å². The Morgan fingerprint density at radius 2 is 1.72 bits per heavy atom. The maximum absolute atomic E-state index is 13.3. The van der Waals surface area contributed by atoms with E-state index in [4.69, 9.17) is 39.5 Å². The molecule has 39 heavy (non-hydrogen) atoms. The summed E-state index contributed by atoms with van der Waals surface area (Å²) < 4.78 is 7.62. The number of nitrogens with one attached hydrogen (secondary N) is 1. The van der Waals surface area contributed by atoms with Crippen molar-refractivity contribution in [2.75, 3.05) is 5.32 Å². The van der Waals surface area contributed by atoms with E-state index in [0.717, 1.165) is 5.56 Å². The quantitative estimate of drug-likeness (QED) is 0.207. The van der Waals surface area contributed by atoms with Crippen molar-refractivity contribution in [3.63, 3.8) is 0 Å². The van der Waals surface area contributed by atoms with Crippen LogP contribution in [-0.4, -0.2) is 32.5 Å². The van der Waals surface area contributed by atoms with Crippen molar-refractivity contribution in [2.45, 2.75) is 43.7 Å². The standard InChI is InChI=1S/C28H23Cl3N4O4/c29-12-16-3-5-17(6-4-16)28(38)39-19-9-7-18(8-10-19)35-15-21(25(36)20-2-1-11-33-26(20)35)27(37)34-24-22(30)13-32-14-23(24)31/h1-6,11,13-15,18-19H,7-10,12H2,(H,32,34,37)/t18-,19-. The Balaban J connectivity index is 1.36. The van der Waals surface area contributed by atoms with E-state index in [0.29, 0.717) is 48.2 Å². The molecule has 5 rings (SSSR count). The molecule has 3 heterocycles. The van der Waals surface area contributed by atoms with E-state index in [-0.39, 0.29) is 39.4 Å². The molecule has 0 atom stereocenters. The first-order valence-corrected chi connectivity index (χ1v) is 13.6. The third kappa shape index (κ3) is 5.78. The van der Waals surface area contributed by atoms with Crippen molar-refractivity contribution < 1.29 is 14.3 Å². The van der Waals surface area contributed by atoms with Crippen LogP contribution in [0.1, 0.15) is 58.0 Å². The summed E-state index contributed by atoms with van der Waals surface area (Å²) >= 11 is 18.1. The van der Waals surface area contributed by atoms with Crippen LogP contribution < -0.4 is 10.7 Å². The molecule has 4 aromatic rings. The fourth-order valence-corrected chi connectivity index (χ4v) is 5.36. The molecule has 11 heteroatoms. The Kier molecular flexibility index (Phi) is 8.16. The van der Waals surface area contributed by atoms with Gasteiger partial charge in [0, 0.05) is 36.7 Å². The molecule has 0 unspecified atom stereocenters. The van der Waals surface area contributed by atoms with Gasteiger partial charge in [-0.05, 0) is 55.5 Å². The number of hydrogen-bond acceptors (Lipinski definition) is 6. The number of carbonyl (C=O) groups excluding carboxylic acids is 2.